The lowest BCUT2D eigenvalue weighted by molar-refractivity contribution is 0.330. The van der Waals surface area contributed by atoms with Crippen molar-refractivity contribution in [2.45, 2.75) is 46.5 Å². The largest absolute Gasteiger partial charge is 0.0916 e. The first-order chi connectivity index (χ1) is 5.12. The summed E-state index contributed by atoms with van der Waals surface area (Å²) in [5, 5.41) is 0. The quantitative estimate of drug-likeness (QED) is 0.524. The van der Waals surface area contributed by atoms with Crippen LogP contribution in [0, 0.1) is 12.3 Å². The predicted molar refractivity (Wildman–Crippen MR) is 52.4 cm³/mol. The van der Waals surface area contributed by atoms with Crippen LogP contribution in [-0.4, -0.2) is 0 Å². The number of hydrogen-bond donors (Lipinski definition) is 0. The SMILES string of the molecule is [CH2]CCCC(C)(C)CC=CC. The molecule has 0 saturated heterocycles. The first kappa shape index (κ1) is 10.7. The van der Waals surface area contributed by atoms with Crippen LogP contribution in [0.15, 0.2) is 12.2 Å². The molecule has 0 saturated carbocycles. The molecule has 0 heterocycles. The van der Waals surface area contributed by atoms with Crippen LogP contribution >= 0.6 is 0 Å². The Labute approximate surface area is 71.7 Å². The third-order valence-electron chi connectivity index (χ3n) is 2.01. The fraction of sp³-hybridized carbons (Fsp3) is 0.727. The van der Waals surface area contributed by atoms with Gasteiger partial charge in [0.15, 0.2) is 0 Å². The van der Waals surface area contributed by atoms with Gasteiger partial charge in [0.1, 0.15) is 0 Å². The highest BCUT2D eigenvalue weighted by atomic mass is 14.2. The summed E-state index contributed by atoms with van der Waals surface area (Å²) in [6.07, 6.45) is 9.20. The van der Waals surface area contributed by atoms with Crippen LogP contribution in [0.1, 0.15) is 46.5 Å². The van der Waals surface area contributed by atoms with Crippen LogP contribution in [0.2, 0.25) is 0 Å². The van der Waals surface area contributed by atoms with E-state index in [0.29, 0.717) is 5.41 Å². The minimum atomic E-state index is 0.476. The first-order valence-corrected chi connectivity index (χ1v) is 4.53. The molecule has 0 aromatic carbocycles. The maximum absolute atomic E-state index is 3.85. The van der Waals surface area contributed by atoms with Gasteiger partial charge < -0.3 is 0 Å². The van der Waals surface area contributed by atoms with Crippen molar-refractivity contribution in [3.63, 3.8) is 0 Å². The normalized spacial score (nSPS) is 12.7. The Morgan fingerprint density at radius 1 is 1.36 bits per heavy atom. The minimum Gasteiger partial charge on any atom is -0.0916 e. The number of allylic oxidation sites excluding steroid dienone is 2. The van der Waals surface area contributed by atoms with Crippen LogP contribution in [0.25, 0.3) is 0 Å². The summed E-state index contributed by atoms with van der Waals surface area (Å²) in [5.41, 5.74) is 0.476. The average Bonchev–Trinajstić information content (AvgIpc) is 1.97. The highest BCUT2D eigenvalue weighted by molar-refractivity contribution is 4.84. The van der Waals surface area contributed by atoms with Crippen molar-refractivity contribution in [3.05, 3.63) is 19.1 Å². The fourth-order valence-electron chi connectivity index (χ4n) is 1.14. The number of hydrogen-bond acceptors (Lipinski definition) is 0. The molecule has 11 heavy (non-hydrogen) atoms. The van der Waals surface area contributed by atoms with Crippen molar-refractivity contribution in [2.75, 3.05) is 0 Å². The zero-order valence-corrected chi connectivity index (χ0v) is 8.19. The molecule has 0 atom stereocenters. The summed E-state index contributed by atoms with van der Waals surface area (Å²) in [6, 6.07) is 0. The van der Waals surface area contributed by atoms with E-state index in [1.54, 1.807) is 0 Å². The lowest BCUT2D eigenvalue weighted by Crippen LogP contribution is -2.09. The lowest BCUT2D eigenvalue weighted by atomic mass is 9.84. The van der Waals surface area contributed by atoms with Gasteiger partial charge in [0.2, 0.25) is 0 Å². The molecule has 0 bridgehead atoms. The van der Waals surface area contributed by atoms with E-state index in [-0.39, 0.29) is 0 Å². The molecule has 0 aliphatic heterocycles. The lowest BCUT2D eigenvalue weighted by Gasteiger charge is -2.22. The van der Waals surface area contributed by atoms with Gasteiger partial charge in [0.05, 0.1) is 0 Å². The Bertz CT molecular complexity index is 109. The van der Waals surface area contributed by atoms with Gasteiger partial charge in [-0.1, -0.05) is 45.8 Å². The first-order valence-electron chi connectivity index (χ1n) is 4.53. The smallest absolute Gasteiger partial charge is 0.0299 e. The van der Waals surface area contributed by atoms with Crippen molar-refractivity contribution >= 4 is 0 Å². The zero-order chi connectivity index (χ0) is 8.74. The molecular formula is C11H21. The minimum absolute atomic E-state index is 0.476. The Hall–Kier alpha value is -0.260. The average molecular weight is 153 g/mol. The fourth-order valence-corrected chi connectivity index (χ4v) is 1.14. The van der Waals surface area contributed by atoms with Gasteiger partial charge in [-0.15, -0.1) is 0 Å². The van der Waals surface area contributed by atoms with Crippen LogP contribution in [0.5, 0.6) is 0 Å². The Morgan fingerprint density at radius 3 is 2.45 bits per heavy atom. The van der Waals surface area contributed by atoms with Crippen LogP contribution < -0.4 is 0 Å². The number of unbranched alkanes of at least 4 members (excludes halogenated alkanes) is 1. The van der Waals surface area contributed by atoms with Crippen molar-refractivity contribution in [3.8, 4) is 0 Å². The van der Waals surface area contributed by atoms with Gasteiger partial charge in [-0.05, 0) is 25.2 Å². The second-order valence-corrected chi connectivity index (χ2v) is 3.89. The Balaban J connectivity index is 3.60. The molecular weight excluding hydrogens is 132 g/mol. The molecule has 0 N–H and O–H groups in total. The van der Waals surface area contributed by atoms with Gasteiger partial charge >= 0.3 is 0 Å². The highest BCUT2D eigenvalue weighted by Crippen LogP contribution is 2.27. The summed E-state index contributed by atoms with van der Waals surface area (Å²) in [7, 11) is 0. The van der Waals surface area contributed by atoms with E-state index in [1.807, 2.05) is 0 Å². The van der Waals surface area contributed by atoms with E-state index in [9.17, 15) is 0 Å². The van der Waals surface area contributed by atoms with Gasteiger partial charge in [-0.2, -0.15) is 0 Å². The van der Waals surface area contributed by atoms with E-state index >= 15 is 0 Å². The van der Waals surface area contributed by atoms with E-state index in [2.05, 4.69) is 39.8 Å². The maximum Gasteiger partial charge on any atom is -0.0299 e. The summed E-state index contributed by atoms with van der Waals surface area (Å²) in [6.45, 7) is 10.6. The van der Waals surface area contributed by atoms with E-state index in [4.69, 9.17) is 0 Å². The molecule has 0 nitrogen and oxygen atoms in total. The molecule has 0 amide bonds. The van der Waals surface area contributed by atoms with E-state index in [0.717, 1.165) is 6.42 Å². The van der Waals surface area contributed by atoms with Crippen LogP contribution in [0.4, 0.5) is 0 Å². The molecule has 0 aromatic heterocycles. The second-order valence-electron chi connectivity index (χ2n) is 3.89. The van der Waals surface area contributed by atoms with Crippen LogP contribution in [-0.2, 0) is 0 Å². The van der Waals surface area contributed by atoms with Crippen LogP contribution in [0.3, 0.4) is 0 Å². The summed E-state index contributed by atoms with van der Waals surface area (Å²) in [5.74, 6) is 0. The monoisotopic (exact) mass is 153 g/mol. The van der Waals surface area contributed by atoms with Gasteiger partial charge in [-0.25, -0.2) is 0 Å². The summed E-state index contributed by atoms with van der Waals surface area (Å²) >= 11 is 0. The molecule has 1 radical (unpaired) electrons. The van der Waals surface area contributed by atoms with Crippen molar-refractivity contribution < 1.29 is 0 Å². The molecule has 0 rings (SSSR count). The third kappa shape index (κ3) is 6.15. The second kappa shape index (κ2) is 5.40. The summed E-state index contributed by atoms with van der Waals surface area (Å²) in [4.78, 5) is 0. The van der Waals surface area contributed by atoms with Crippen molar-refractivity contribution in [2.24, 2.45) is 5.41 Å². The molecule has 0 unspecified atom stereocenters. The molecule has 0 spiro atoms. The Morgan fingerprint density at radius 2 is 2.00 bits per heavy atom. The standard InChI is InChI=1S/C11H21/c1-5-7-9-11(3,4)10-8-6-2/h6,8H,1,5,7,9-10H2,2-4H3. The van der Waals surface area contributed by atoms with Gasteiger partial charge in [0, 0.05) is 0 Å². The third-order valence-corrected chi connectivity index (χ3v) is 2.01. The molecule has 0 aliphatic rings. The topological polar surface area (TPSA) is 0 Å². The summed E-state index contributed by atoms with van der Waals surface area (Å²) < 4.78 is 0. The predicted octanol–water partition coefficient (Wildman–Crippen LogP) is 3.98. The molecule has 0 aromatic rings. The van der Waals surface area contributed by atoms with Crippen molar-refractivity contribution in [1.82, 2.24) is 0 Å². The molecule has 0 heteroatoms. The molecule has 65 valence electrons. The van der Waals surface area contributed by atoms with E-state index in [1.165, 1.54) is 19.3 Å². The molecule has 0 fully saturated rings. The highest BCUT2D eigenvalue weighted by Gasteiger charge is 2.14. The molecule has 0 aliphatic carbocycles. The van der Waals surface area contributed by atoms with Crippen molar-refractivity contribution in [1.29, 1.82) is 0 Å². The Kier molecular flexibility index (Phi) is 5.27. The van der Waals surface area contributed by atoms with Gasteiger partial charge in [-0.3, -0.25) is 0 Å². The van der Waals surface area contributed by atoms with E-state index < -0.39 is 0 Å². The van der Waals surface area contributed by atoms with Gasteiger partial charge in [0.25, 0.3) is 0 Å². The maximum atomic E-state index is 3.85. The zero-order valence-electron chi connectivity index (χ0n) is 8.19. The number of rotatable bonds is 5.